The number of pyridine rings is 1. The summed E-state index contributed by atoms with van der Waals surface area (Å²) in [5, 5.41) is 25.5. The third-order valence-corrected chi connectivity index (χ3v) is 6.54. The minimum Gasteiger partial charge on any atom is -0.338 e. The lowest BCUT2D eigenvalue weighted by Crippen LogP contribution is -2.28. The number of hydrogen-bond donors (Lipinski definition) is 1. The molecular formula is C24H19ClF2N10. The second kappa shape index (κ2) is 8.56. The highest BCUT2D eigenvalue weighted by Crippen LogP contribution is 2.37. The monoisotopic (exact) mass is 520 g/mol. The van der Waals surface area contributed by atoms with Gasteiger partial charge in [-0.3, -0.25) is 4.68 Å². The first-order valence-electron chi connectivity index (χ1n) is 11.3. The molecule has 0 unspecified atom stereocenters. The molecule has 37 heavy (non-hydrogen) atoms. The molecule has 10 nitrogen and oxygen atoms in total. The quantitative estimate of drug-likeness (QED) is 0.370. The Kier molecular flexibility index (Phi) is 5.31. The summed E-state index contributed by atoms with van der Waals surface area (Å²) in [7, 11) is 1.80. The number of aromatic nitrogens is 8. The number of aryl methyl sites for hydroxylation is 1. The van der Waals surface area contributed by atoms with Crippen LogP contribution in [0.15, 0.2) is 55.1 Å². The third kappa shape index (κ3) is 4.13. The molecule has 5 aromatic heterocycles. The van der Waals surface area contributed by atoms with E-state index < -0.39 is 19.0 Å². The Morgan fingerprint density at radius 1 is 1.22 bits per heavy atom. The van der Waals surface area contributed by atoms with Gasteiger partial charge in [-0.05, 0) is 24.3 Å². The molecule has 0 spiro atoms. The Bertz CT molecular complexity index is 1670. The van der Waals surface area contributed by atoms with Crippen LogP contribution in [0.4, 0.5) is 20.4 Å². The first-order chi connectivity index (χ1) is 17.8. The summed E-state index contributed by atoms with van der Waals surface area (Å²) in [6.45, 7) is -0.952. The zero-order valence-electron chi connectivity index (χ0n) is 19.5. The van der Waals surface area contributed by atoms with Gasteiger partial charge < -0.3 is 19.0 Å². The van der Waals surface area contributed by atoms with Gasteiger partial charge in [-0.25, -0.2) is 13.8 Å². The summed E-state index contributed by atoms with van der Waals surface area (Å²) >= 11 is 6.48. The Labute approximate surface area is 214 Å². The molecule has 0 fully saturated rings. The van der Waals surface area contributed by atoms with Gasteiger partial charge in [0.05, 0.1) is 36.5 Å². The highest BCUT2D eigenvalue weighted by Gasteiger charge is 2.37. The van der Waals surface area contributed by atoms with Gasteiger partial charge in [0, 0.05) is 42.8 Å². The molecule has 1 N–H and O–H groups in total. The summed E-state index contributed by atoms with van der Waals surface area (Å²) in [5.74, 6) is -1.14. The molecule has 13 heteroatoms. The first-order valence-corrected chi connectivity index (χ1v) is 11.7. The topological polar surface area (TPSA) is 107 Å². The zero-order chi connectivity index (χ0) is 25.7. The van der Waals surface area contributed by atoms with Crippen LogP contribution in [0.2, 0.25) is 5.02 Å². The molecule has 6 heterocycles. The summed E-state index contributed by atoms with van der Waals surface area (Å²) in [6, 6.07) is 10.8. The van der Waals surface area contributed by atoms with E-state index in [1.54, 1.807) is 65.2 Å². The van der Waals surface area contributed by atoms with Gasteiger partial charge in [0.25, 0.3) is 5.92 Å². The fourth-order valence-electron chi connectivity index (χ4n) is 4.48. The average molecular weight is 521 g/mol. The van der Waals surface area contributed by atoms with Crippen LogP contribution in [0, 0.1) is 11.3 Å². The van der Waals surface area contributed by atoms with Crippen molar-refractivity contribution in [3.8, 4) is 28.7 Å². The van der Waals surface area contributed by atoms with Crippen LogP contribution in [0.3, 0.4) is 0 Å². The van der Waals surface area contributed by atoms with Gasteiger partial charge in [-0.1, -0.05) is 11.6 Å². The van der Waals surface area contributed by atoms with E-state index >= 15 is 8.78 Å². The molecule has 1 aliphatic rings. The summed E-state index contributed by atoms with van der Waals surface area (Å²) in [6.07, 6.45) is 6.52. The Morgan fingerprint density at radius 2 is 2.08 bits per heavy atom. The molecule has 0 radical (unpaired) electrons. The van der Waals surface area contributed by atoms with Gasteiger partial charge >= 0.3 is 0 Å². The maximum absolute atomic E-state index is 15.1. The number of fused-ring (bicyclic) bond motifs is 3. The number of anilines is 2. The van der Waals surface area contributed by atoms with E-state index in [2.05, 4.69) is 31.7 Å². The van der Waals surface area contributed by atoms with Crippen molar-refractivity contribution in [3.05, 3.63) is 71.7 Å². The lowest BCUT2D eigenvalue weighted by molar-refractivity contribution is -0.0301. The number of nitriles is 1. The van der Waals surface area contributed by atoms with Crippen molar-refractivity contribution in [2.75, 3.05) is 5.32 Å². The summed E-state index contributed by atoms with van der Waals surface area (Å²) in [5.41, 5.74) is 2.17. The predicted molar refractivity (Wildman–Crippen MR) is 131 cm³/mol. The van der Waals surface area contributed by atoms with Crippen molar-refractivity contribution in [2.45, 2.75) is 25.6 Å². The van der Waals surface area contributed by atoms with E-state index in [-0.39, 0.29) is 6.54 Å². The number of alkyl halides is 2. The van der Waals surface area contributed by atoms with Crippen molar-refractivity contribution in [3.63, 3.8) is 0 Å². The van der Waals surface area contributed by atoms with E-state index in [1.807, 2.05) is 0 Å². The number of hydrogen-bond acceptors (Lipinski definition) is 6. The van der Waals surface area contributed by atoms with Crippen LogP contribution >= 0.6 is 11.6 Å². The van der Waals surface area contributed by atoms with Crippen molar-refractivity contribution in [2.24, 2.45) is 7.05 Å². The maximum atomic E-state index is 15.1. The van der Waals surface area contributed by atoms with Crippen LogP contribution in [0.1, 0.15) is 11.5 Å². The van der Waals surface area contributed by atoms with Gasteiger partial charge in [0.2, 0.25) is 0 Å². The van der Waals surface area contributed by atoms with Crippen LogP contribution in [0.5, 0.6) is 0 Å². The molecule has 0 bridgehead atoms. The molecule has 0 amide bonds. The second-order valence-corrected chi connectivity index (χ2v) is 9.18. The molecule has 5 aromatic rings. The Balaban J connectivity index is 1.40. The minimum absolute atomic E-state index is 0.145. The summed E-state index contributed by atoms with van der Waals surface area (Å²) in [4.78, 5) is 4.33. The molecule has 1 aliphatic heterocycles. The highest BCUT2D eigenvalue weighted by molar-refractivity contribution is 6.33. The normalized spacial score (nSPS) is 14.0. The van der Waals surface area contributed by atoms with Crippen LogP contribution < -0.4 is 5.32 Å². The SMILES string of the molecule is Cn1nccc1Nc1cc(-c2cc3n(c2)CC(F)(F)Cn2c(Cn4cccc4C#N)nnc2-3)c(Cl)cn1. The standard InChI is InChI=1S/C24H19ClF2N10/c1-34-21(4-5-30-34)31-20-8-17(18(25)10-29-20)15-7-19-23-33-32-22(12-35-6-2-3-16(35)9-28)37(23)14-24(26,27)13-36(19)11-15/h2-8,10-11H,12-14H2,1H3,(H,29,31). The number of halogens is 3. The Hall–Kier alpha value is -4.50. The molecular weight excluding hydrogens is 502 g/mol. The molecule has 6 rings (SSSR count). The van der Waals surface area contributed by atoms with E-state index in [4.69, 9.17) is 11.6 Å². The van der Waals surface area contributed by atoms with Crippen LogP contribution in [-0.4, -0.2) is 44.6 Å². The van der Waals surface area contributed by atoms with E-state index in [0.29, 0.717) is 45.0 Å². The largest absolute Gasteiger partial charge is 0.338 e. The second-order valence-electron chi connectivity index (χ2n) is 8.77. The molecule has 0 saturated carbocycles. The molecule has 186 valence electrons. The Morgan fingerprint density at radius 3 is 2.86 bits per heavy atom. The van der Waals surface area contributed by atoms with Crippen molar-refractivity contribution < 1.29 is 8.78 Å². The minimum atomic E-state index is -3.06. The number of nitrogens with zero attached hydrogens (tertiary/aromatic N) is 9. The lowest BCUT2D eigenvalue weighted by Gasteiger charge is -2.16. The van der Waals surface area contributed by atoms with Crippen molar-refractivity contribution in [1.82, 2.24) is 38.7 Å². The zero-order valence-corrected chi connectivity index (χ0v) is 20.2. The van der Waals surface area contributed by atoms with E-state index in [9.17, 15) is 5.26 Å². The van der Waals surface area contributed by atoms with E-state index in [1.165, 1.54) is 15.3 Å². The smallest absolute Gasteiger partial charge is 0.283 e. The average Bonchev–Trinajstić information content (AvgIpc) is 3.64. The van der Waals surface area contributed by atoms with Gasteiger partial charge in [-0.2, -0.15) is 10.4 Å². The van der Waals surface area contributed by atoms with Crippen LogP contribution in [-0.2, 0) is 26.7 Å². The highest BCUT2D eigenvalue weighted by atomic mass is 35.5. The first kappa shape index (κ1) is 22.9. The van der Waals surface area contributed by atoms with Crippen LogP contribution in [0.25, 0.3) is 22.6 Å². The molecule has 0 atom stereocenters. The molecule has 0 aliphatic carbocycles. The van der Waals surface area contributed by atoms with Gasteiger partial charge in [0.1, 0.15) is 23.4 Å². The fourth-order valence-corrected chi connectivity index (χ4v) is 4.69. The van der Waals surface area contributed by atoms with Crippen molar-refractivity contribution in [1.29, 1.82) is 5.26 Å². The van der Waals surface area contributed by atoms with Gasteiger partial charge in [0.15, 0.2) is 11.6 Å². The third-order valence-electron chi connectivity index (χ3n) is 6.24. The lowest BCUT2D eigenvalue weighted by atomic mass is 10.1. The fraction of sp³-hybridized carbons (Fsp3) is 0.208. The maximum Gasteiger partial charge on any atom is 0.283 e. The molecule has 0 aromatic carbocycles. The number of nitrogens with one attached hydrogen (secondary N) is 1. The predicted octanol–water partition coefficient (Wildman–Crippen LogP) is 4.31. The molecule has 0 saturated heterocycles. The van der Waals surface area contributed by atoms with Gasteiger partial charge in [-0.15, -0.1) is 10.2 Å². The summed E-state index contributed by atoms with van der Waals surface area (Å²) < 4.78 is 36.4. The van der Waals surface area contributed by atoms with Crippen molar-refractivity contribution >= 4 is 23.2 Å². The van der Waals surface area contributed by atoms with E-state index in [0.717, 1.165) is 5.82 Å². The number of rotatable bonds is 5.